The highest BCUT2D eigenvalue weighted by Gasteiger charge is 2.61. The summed E-state index contributed by atoms with van der Waals surface area (Å²) in [6.45, 7) is 2.68. The Labute approximate surface area is 249 Å². The summed E-state index contributed by atoms with van der Waals surface area (Å²) in [4.78, 5) is 17.0. The number of aliphatic hydroxyl groups is 5. The van der Waals surface area contributed by atoms with Crippen LogP contribution in [0.25, 0.3) is 0 Å². The topological polar surface area (TPSA) is 322 Å². The van der Waals surface area contributed by atoms with Crippen LogP contribution in [0.15, 0.2) is 4.99 Å². The molecule has 4 fully saturated rings. The highest BCUT2D eigenvalue weighted by molar-refractivity contribution is 5.90. The lowest BCUT2D eigenvalue weighted by Gasteiger charge is -2.48. The molecule has 17 N–H and O–H groups in total. The number of hydrogen-bond acceptors (Lipinski definition) is 15. The number of guanidine groups is 1. The zero-order chi connectivity index (χ0) is 31.6. The van der Waals surface area contributed by atoms with Crippen molar-refractivity contribution in [3.63, 3.8) is 0 Å². The van der Waals surface area contributed by atoms with Crippen LogP contribution in [0.2, 0.25) is 0 Å². The molecule has 0 bridgehead atoms. The van der Waals surface area contributed by atoms with E-state index in [4.69, 9.17) is 47.6 Å². The summed E-state index contributed by atoms with van der Waals surface area (Å²) in [7, 11) is 0. The van der Waals surface area contributed by atoms with Crippen molar-refractivity contribution >= 4 is 11.9 Å². The van der Waals surface area contributed by atoms with E-state index in [1.54, 1.807) is 0 Å². The monoisotopic (exact) mass is 620 g/mol. The molecule has 2 aliphatic carbocycles. The van der Waals surface area contributed by atoms with Gasteiger partial charge in [0.05, 0.1) is 36.9 Å². The molecular formula is C25H48N8O10. The van der Waals surface area contributed by atoms with E-state index in [2.05, 4.69) is 15.6 Å². The summed E-state index contributed by atoms with van der Waals surface area (Å²) < 4.78 is 23.8. The van der Waals surface area contributed by atoms with Gasteiger partial charge in [-0.05, 0) is 25.8 Å². The van der Waals surface area contributed by atoms with Gasteiger partial charge in [-0.25, -0.2) is 4.99 Å². The second-order valence-corrected chi connectivity index (χ2v) is 11.8. The number of ether oxygens (including phenoxy) is 4. The average molecular weight is 621 g/mol. The number of hydrogen-bond donors (Lipinski definition) is 12. The van der Waals surface area contributed by atoms with E-state index in [0.29, 0.717) is 19.4 Å². The predicted molar refractivity (Wildman–Crippen MR) is 150 cm³/mol. The standard InChI is InChI=1S/C25H48N8O10/c1-2-31-7-9-3-4-10(26)21(40-9)42-19-11(27)5-12(32-23(38)25(39)6-14(25)33-24(29)30)20(18(19)37)43-22-17(36)15(28)16(35)13(8-34)41-22/h9-22,31,34-37,39H,2-8,26-28H2,1H3,(H,32,38)(H4,29,30,33)/t9-,10+,11-,12+,13+,14?,15-,16+,17+,18-,19?,20-,21+,22+,25?/m0/s1. The Morgan fingerprint density at radius 3 is 2.35 bits per heavy atom. The first-order chi connectivity index (χ1) is 20.3. The number of nitrogens with one attached hydrogen (secondary N) is 2. The van der Waals surface area contributed by atoms with Gasteiger partial charge in [-0.1, -0.05) is 6.92 Å². The van der Waals surface area contributed by atoms with E-state index < -0.39 is 97.5 Å². The fourth-order valence-corrected chi connectivity index (χ4v) is 5.84. The molecule has 2 aliphatic heterocycles. The Hall–Kier alpha value is -1.78. The van der Waals surface area contributed by atoms with Crippen LogP contribution in [0.5, 0.6) is 0 Å². The van der Waals surface area contributed by atoms with Gasteiger partial charge in [-0.2, -0.15) is 0 Å². The van der Waals surface area contributed by atoms with E-state index in [1.165, 1.54) is 0 Å². The fraction of sp³-hybridized carbons (Fsp3) is 0.920. The van der Waals surface area contributed by atoms with Crippen LogP contribution in [0.4, 0.5) is 0 Å². The average Bonchev–Trinajstić information content (AvgIpc) is 3.62. The van der Waals surface area contributed by atoms with Gasteiger partial charge in [-0.3, -0.25) is 4.79 Å². The second-order valence-electron chi connectivity index (χ2n) is 11.8. The fourth-order valence-electron chi connectivity index (χ4n) is 5.84. The number of aliphatic imine (C=N–C) groups is 1. The lowest BCUT2D eigenvalue weighted by atomic mass is 9.83. The van der Waals surface area contributed by atoms with Gasteiger partial charge in [-0.15, -0.1) is 0 Å². The van der Waals surface area contributed by atoms with Gasteiger partial charge in [0.15, 0.2) is 24.1 Å². The minimum absolute atomic E-state index is 0.00905. The minimum atomic E-state index is -1.89. The molecule has 1 amide bonds. The number of carbonyl (C=O) groups excluding carboxylic acids is 1. The number of carbonyl (C=O) groups is 1. The molecule has 0 aromatic heterocycles. The Kier molecular flexibility index (Phi) is 11.2. The van der Waals surface area contributed by atoms with Crippen molar-refractivity contribution in [1.29, 1.82) is 0 Å². The lowest BCUT2D eigenvalue weighted by molar-refractivity contribution is -0.314. The molecule has 18 heteroatoms. The molecule has 43 heavy (non-hydrogen) atoms. The van der Waals surface area contributed by atoms with Gasteiger partial charge < -0.3 is 83.8 Å². The molecule has 248 valence electrons. The first-order valence-corrected chi connectivity index (χ1v) is 14.7. The van der Waals surface area contributed by atoms with Crippen LogP contribution in [-0.4, -0.2) is 148 Å². The van der Waals surface area contributed by atoms with E-state index in [0.717, 1.165) is 6.54 Å². The number of likely N-dealkylation sites (N-methyl/N-ethyl adjacent to an activating group) is 1. The summed E-state index contributed by atoms with van der Waals surface area (Å²) in [5.74, 6) is -1.12. The molecule has 4 aliphatic rings. The zero-order valence-electron chi connectivity index (χ0n) is 24.1. The van der Waals surface area contributed by atoms with Crippen molar-refractivity contribution < 1.29 is 49.3 Å². The van der Waals surface area contributed by atoms with E-state index >= 15 is 0 Å². The maximum atomic E-state index is 13.1. The SMILES string of the molecule is CCNC[C@@H]1CC[C@@H](N)[C@@H](OC2[C@@H](N)C[C@@H](NC(=O)C3(O)CC3N=C(N)N)[C@H](O[C@H]3O[C@H](CO)[C@@H](O)[C@H](N)[C@H]3O)[C@H]2O)O1. The van der Waals surface area contributed by atoms with Crippen LogP contribution in [-0.2, 0) is 23.7 Å². The Morgan fingerprint density at radius 2 is 1.70 bits per heavy atom. The molecule has 0 aromatic rings. The van der Waals surface area contributed by atoms with Gasteiger partial charge in [0.25, 0.3) is 5.91 Å². The van der Waals surface area contributed by atoms with Crippen LogP contribution >= 0.6 is 0 Å². The predicted octanol–water partition coefficient (Wildman–Crippen LogP) is -6.68. The minimum Gasteiger partial charge on any atom is -0.394 e. The molecule has 0 aromatic carbocycles. The largest absolute Gasteiger partial charge is 0.394 e. The zero-order valence-corrected chi connectivity index (χ0v) is 24.1. The summed E-state index contributed by atoms with van der Waals surface area (Å²) in [5.41, 5.74) is 27.6. The molecule has 15 atom stereocenters. The third-order valence-electron chi connectivity index (χ3n) is 8.57. The molecule has 18 nitrogen and oxygen atoms in total. The molecule has 4 rings (SSSR count). The highest BCUT2D eigenvalue weighted by atomic mass is 16.7. The van der Waals surface area contributed by atoms with Gasteiger partial charge in [0, 0.05) is 19.0 Å². The number of nitrogens with zero attached hydrogens (tertiary/aromatic N) is 1. The maximum Gasteiger partial charge on any atom is 0.254 e. The molecule has 2 heterocycles. The molecule has 2 saturated heterocycles. The lowest BCUT2D eigenvalue weighted by Crippen LogP contribution is -2.69. The first kappa shape index (κ1) is 34.1. The Morgan fingerprint density at radius 1 is 1.00 bits per heavy atom. The van der Waals surface area contributed by atoms with Crippen LogP contribution in [0.1, 0.15) is 32.6 Å². The smallest absolute Gasteiger partial charge is 0.254 e. The van der Waals surface area contributed by atoms with E-state index in [9.17, 15) is 30.3 Å². The summed E-state index contributed by atoms with van der Waals surface area (Å²) in [6, 6.07) is -4.51. The Balaban J connectivity index is 1.54. The number of aliphatic hydroxyl groups excluding tert-OH is 4. The number of rotatable bonds is 11. The van der Waals surface area contributed by atoms with Crippen molar-refractivity contribution in [1.82, 2.24) is 10.6 Å². The number of amides is 1. The van der Waals surface area contributed by atoms with Gasteiger partial charge >= 0.3 is 0 Å². The number of nitrogens with two attached hydrogens (primary N) is 5. The summed E-state index contributed by atoms with van der Waals surface area (Å²) in [5, 5.41) is 58.8. The van der Waals surface area contributed by atoms with Gasteiger partial charge in [0.1, 0.15) is 36.6 Å². The quantitative estimate of drug-likeness (QED) is 0.0754. The third kappa shape index (κ3) is 7.55. The highest BCUT2D eigenvalue weighted by Crippen LogP contribution is 2.40. The molecule has 3 unspecified atom stereocenters. The molecule has 0 spiro atoms. The van der Waals surface area contributed by atoms with Crippen molar-refractivity contribution in [2.45, 2.75) is 124 Å². The van der Waals surface area contributed by atoms with Crippen molar-refractivity contribution in [3.8, 4) is 0 Å². The normalized spacial score (nSPS) is 46.6. The summed E-state index contributed by atoms with van der Waals surface area (Å²) >= 11 is 0. The van der Waals surface area contributed by atoms with Crippen molar-refractivity contribution in [2.75, 3.05) is 19.7 Å². The molecule has 0 radical (unpaired) electrons. The first-order valence-electron chi connectivity index (χ1n) is 14.7. The van der Waals surface area contributed by atoms with Crippen molar-refractivity contribution in [2.24, 2.45) is 33.7 Å². The van der Waals surface area contributed by atoms with E-state index in [1.807, 2.05) is 6.92 Å². The molecule has 2 saturated carbocycles. The summed E-state index contributed by atoms with van der Waals surface area (Å²) in [6.07, 6.45) is -9.45. The second kappa shape index (κ2) is 14.1. The third-order valence-corrected chi connectivity index (χ3v) is 8.57. The van der Waals surface area contributed by atoms with Crippen LogP contribution in [0, 0.1) is 0 Å². The van der Waals surface area contributed by atoms with Crippen LogP contribution in [0.3, 0.4) is 0 Å². The molecular weight excluding hydrogens is 572 g/mol. The van der Waals surface area contributed by atoms with Crippen molar-refractivity contribution in [3.05, 3.63) is 0 Å². The van der Waals surface area contributed by atoms with Crippen LogP contribution < -0.4 is 39.3 Å². The van der Waals surface area contributed by atoms with E-state index in [-0.39, 0.29) is 24.9 Å². The van der Waals surface area contributed by atoms with Gasteiger partial charge in [0.2, 0.25) is 0 Å². The Bertz CT molecular complexity index is 976. The maximum absolute atomic E-state index is 13.1.